The first-order valence-electron chi connectivity index (χ1n) is 10.1. The van der Waals surface area contributed by atoms with Crippen molar-refractivity contribution in [3.05, 3.63) is 35.9 Å². The molecule has 1 aromatic carbocycles. The topological polar surface area (TPSA) is 95.7 Å². The summed E-state index contributed by atoms with van der Waals surface area (Å²) in [5.41, 5.74) is 6.44. The van der Waals surface area contributed by atoms with E-state index in [4.69, 9.17) is 5.73 Å². The Morgan fingerprint density at radius 1 is 1.21 bits per heavy atom. The van der Waals surface area contributed by atoms with Gasteiger partial charge in [0.15, 0.2) is 0 Å². The lowest BCUT2D eigenvalue weighted by atomic mass is 9.83. The zero-order valence-corrected chi connectivity index (χ0v) is 16.5. The van der Waals surface area contributed by atoms with Crippen LogP contribution in [0.25, 0.3) is 0 Å². The van der Waals surface area contributed by atoms with Crippen LogP contribution in [0.1, 0.15) is 37.3 Å². The van der Waals surface area contributed by atoms with E-state index in [0.717, 1.165) is 18.4 Å². The van der Waals surface area contributed by atoms with Crippen LogP contribution >= 0.6 is 0 Å². The van der Waals surface area contributed by atoms with Crippen molar-refractivity contribution in [2.75, 3.05) is 33.2 Å². The van der Waals surface area contributed by atoms with E-state index < -0.39 is 0 Å². The highest BCUT2D eigenvalue weighted by Crippen LogP contribution is 2.37. The van der Waals surface area contributed by atoms with Crippen LogP contribution in [0.4, 0.5) is 0 Å². The van der Waals surface area contributed by atoms with Crippen molar-refractivity contribution in [2.24, 2.45) is 17.6 Å². The van der Waals surface area contributed by atoms with E-state index in [1.807, 2.05) is 35.2 Å². The van der Waals surface area contributed by atoms with Crippen LogP contribution < -0.4 is 11.1 Å². The second-order valence-corrected chi connectivity index (χ2v) is 7.71. The SMILES string of the molecule is CN1C(=O)CCC(C(=O)N2CCCC(C(=O)NCCN)C2)C1c1ccccc1. The van der Waals surface area contributed by atoms with Gasteiger partial charge in [-0.05, 0) is 24.8 Å². The standard InChI is InChI=1S/C21H30N4O3/c1-24-18(26)10-9-17(19(24)15-6-3-2-4-7-15)21(28)25-13-5-8-16(14-25)20(27)23-12-11-22/h2-4,6-7,16-17,19H,5,8-14,22H2,1H3,(H,23,27). The lowest BCUT2D eigenvalue weighted by Crippen LogP contribution is -2.51. The molecule has 0 radical (unpaired) electrons. The van der Waals surface area contributed by atoms with Crippen molar-refractivity contribution >= 4 is 17.7 Å². The van der Waals surface area contributed by atoms with Crippen LogP contribution in [0.3, 0.4) is 0 Å². The second-order valence-electron chi connectivity index (χ2n) is 7.71. The normalized spacial score (nSPS) is 25.5. The molecule has 0 bridgehead atoms. The fraction of sp³-hybridized carbons (Fsp3) is 0.571. The van der Waals surface area contributed by atoms with Gasteiger partial charge in [-0.3, -0.25) is 14.4 Å². The third-order valence-electron chi connectivity index (χ3n) is 5.87. The van der Waals surface area contributed by atoms with Crippen LogP contribution in [0.2, 0.25) is 0 Å². The molecule has 3 N–H and O–H groups in total. The summed E-state index contributed by atoms with van der Waals surface area (Å²) in [5, 5.41) is 2.83. The van der Waals surface area contributed by atoms with E-state index in [0.29, 0.717) is 39.0 Å². The first-order valence-corrected chi connectivity index (χ1v) is 10.1. The third kappa shape index (κ3) is 4.35. The van der Waals surface area contributed by atoms with Gasteiger partial charge in [0.1, 0.15) is 0 Å². The van der Waals surface area contributed by atoms with Gasteiger partial charge in [-0.2, -0.15) is 0 Å². The highest BCUT2D eigenvalue weighted by Gasteiger charge is 2.41. The van der Waals surface area contributed by atoms with E-state index in [-0.39, 0.29) is 35.6 Å². The van der Waals surface area contributed by atoms with Gasteiger partial charge in [-0.15, -0.1) is 0 Å². The molecule has 2 aliphatic rings. The quantitative estimate of drug-likeness (QED) is 0.786. The Labute approximate surface area is 166 Å². The fourth-order valence-corrected chi connectivity index (χ4v) is 4.37. The molecule has 2 fully saturated rings. The molecule has 0 aromatic heterocycles. The molecule has 0 saturated carbocycles. The summed E-state index contributed by atoms with van der Waals surface area (Å²) >= 11 is 0. The molecular formula is C21H30N4O3. The number of carbonyl (C=O) groups excluding carboxylic acids is 3. The minimum Gasteiger partial charge on any atom is -0.355 e. The van der Waals surface area contributed by atoms with Gasteiger partial charge in [-0.1, -0.05) is 30.3 Å². The van der Waals surface area contributed by atoms with E-state index in [1.54, 1.807) is 11.9 Å². The van der Waals surface area contributed by atoms with Crippen molar-refractivity contribution in [3.63, 3.8) is 0 Å². The van der Waals surface area contributed by atoms with Crippen molar-refractivity contribution in [2.45, 2.75) is 31.7 Å². The molecule has 28 heavy (non-hydrogen) atoms. The average molecular weight is 386 g/mol. The number of nitrogens with two attached hydrogens (primary N) is 1. The van der Waals surface area contributed by atoms with Gasteiger partial charge in [-0.25, -0.2) is 0 Å². The van der Waals surface area contributed by atoms with E-state index in [1.165, 1.54) is 0 Å². The van der Waals surface area contributed by atoms with E-state index in [9.17, 15) is 14.4 Å². The molecule has 7 heteroatoms. The van der Waals surface area contributed by atoms with Gasteiger partial charge in [0.05, 0.1) is 17.9 Å². The molecule has 3 amide bonds. The zero-order chi connectivity index (χ0) is 20.1. The maximum absolute atomic E-state index is 13.4. The summed E-state index contributed by atoms with van der Waals surface area (Å²) in [6.07, 6.45) is 2.52. The van der Waals surface area contributed by atoms with Crippen LogP contribution in [-0.4, -0.2) is 60.7 Å². The molecule has 1 aromatic rings. The monoisotopic (exact) mass is 386 g/mol. The number of nitrogens with one attached hydrogen (secondary N) is 1. The lowest BCUT2D eigenvalue weighted by molar-refractivity contribution is -0.148. The largest absolute Gasteiger partial charge is 0.355 e. The van der Waals surface area contributed by atoms with Crippen molar-refractivity contribution in [3.8, 4) is 0 Å². The van der Waals surface area contributed by atoms with Gasteiger partial charge < -0.3 is 20.9 Å². The van der Waals surface area contributed by atoms with Gasteiger partial charge in [0, 0.05) is 39.6 Å². The summed E-state index contributed by atoms with van der Waals surface area (Å²) in [6, 6.07) is 9.48. The molecular weight excluding hydrogens is 356 g/mol. The second kappa shape index (κ2) is 9.19. The summed E-state index contributed by atoms with van der Waals surface area (Å²) in [7, 11) is 1.78. The summed E-state index contributed by atoms with van der Waals surface area (Å²) in [6.45, 7) is 1.96. The Morgan fingerprint density at radius 2 is 1.96 bits per heavy atom. The smallest absolute Gasteiger partial charge is 0.228 e. The summed E-state index contributed by atoms with van der Waals surface area (Å²) in [5.74, 6) is -0.392. The highest BCUT2D eigenvalue weighted by molar-refractivity contribution is 5.86. The molecule has 2 heterocycles. The highest BCUT2D eigenvalue weighted by atomic mass is 16.2. The molecule has 152 valence electrons. The van der Waals surface area contributed by atoms with Crippen LogP contribution in [0.5, 0.6) is 0 Å². The Morgan fingerprint density at radius 3 is 2.68 bits per heavy atom. The van der Waals surface area contributed by atoms with Crippen LogP contribution in [-0.2, 0) is 14.4 Å². The minimum absolute atomic E-state index is 0.0292. The maximum atomic E-state index is 13.4. The molecule has 3 unspecified atom stereocenters. The minimum atomic E-state index is -0.282. The average Bonchev–Trinajstić information content (AvgIpc) is 2.74. The molecule has 2 aliphatic heterocycles. The summed E-state index contributed by atoms with van der Waals surface area (Å²) < 4.78 is 0. The number of hydrogen-bond acceptors (Lipinski definition) is 4. The molecule has 0 spiro atoms. The number of carbonyl (C=O) groups is 3. The predicted molar refractivity (Wildman–Crippen MR) is 106 cm³/mol. The van der Waals surface area contributed by atoms with E-state index in [2.05, 4.69) is 5.32 Å². The predicted octanol–water partition coefficient (Wildman–Crippen LogP) is 0.910. The van der Waals surface area contributed by atoms with E-state index >= 15 is 0 Å². The number of benzene rings is 1. The first-order chi connectivity index (χ1) is 13.5. The number of rotatable bonds is 5. The zero-order valence-electron chi connectivity index (χ0n) is 16.5. The molecule has 7 nitrogen and oxygen atoms in total. The summed E-state index contributed by atoms with van der Waals surface area (Å²) in [4.78, 5) is 41.6. The number of nitrogens with zero attached hydrogens (tertiary/aromatic N) is 2. The molecule has 2 saturated heterocycles. The number of hydrogen-bond donors (Lipinski definition) is 2. The third-order valence-corrected chi connectivity index (χ3v) is 5.87. The number of likely N-dealkylation sites (tertiary alicyclic amines) is 2. The molecule has 3 rings (SSSR count). The Balaban J connectivity index is 1.75. The Kier molecular flexibility index (Phi) is 6.67. The number of piperidine rings is 2. The van der Waals surface area contributed by atoms with Crippen molar-refractivity contribution in [1.82, 2.24) is 15.1 Å². The van der Waals surface area contributed by atoms with Crippen molar-refractivity contribution in [1.29, 1.82) is 0 Å². The van der Waals surface area contributed by atoms with Gasteiger partial charge >= 0.3 is 0 Å². The lowest BCUT2D eigenvalue weighted by Gasteiger charge is -2.42. The Bertz CT molecular complexity index is 709. The van der Waals surface area contributed by atoms with Crippen LogP contribution in [0.15, 0.2) is 30.3 Å². The van der Waals surface area contributed by atoms with Crippen molar-refractivity contribution < 1.29 is 14.4 Å². The number of amides is 3. The molecule has 0 aliphatic carbocycles. The van der Waals surface area contributed by atoms with Gasteiger partial charge in [0.2, 0.25) is 17.7 Å². The Hall–Kier alpha value is -2.41. The van der Waals surface area contributed by atoms with Crippen LogP contribution in [0, 0.1) is 11.8 Å². The molecule has 3 atom stereocenters. The fourth-order valence-electron chi connectivity index (χ4n) is 4.37. The van der Waals surface area contributed by atoms with Gasteiger partial charge in [0.25, 0.3) is 0 Å². The first kappa shape index (κ1) is 20.3. The maximum Gasteiger partial charge on any atom is 0.228 e.